The number of ether oxygens (including phenoxy) is 1. The fraction of sp³-hybridized carbons (Fsp3) is 0.294. The number of nitrogens with zero attached hydrogens (tertiary/aromatic N) is 1. The van der Waals surface area contributed by atoms with E-state index in [1.165, 1.54) is 0 Å². The van der Waals surface area contributed by atoms with E-state index < -0.39 is 5.60 Å². The Morgan fingerprint density at radius 2 is 1.52 bits per heavy atom. The third-order valence-corrected chi connectivity index (χ3v) is 4.84. The minimum absolute atomic E-state index is 0.242. The minimum atomic E-state index is -0.654. The third kappa shape index (κ3) is 2.75. The first-order chi connectivity index (χ1) is 10.2. The molecule has 2 unspecified atom stereocenters. The molecule has 1 aliphatic rings. The van der Waals surface area contributed by atoms with Gasteiger partial charge in [-0.2, -0.15) is 0 Å². The Hall–Kier alpha value is -1.25. The largest absolute Gasteiger partial charge is 0.632 e. The van der Waals surface area contributed by atoms with Gasteiger partial charge in [-0.25, -0.2) is 0 Å². The maximum atomic E-state index is 12.9. The molecule has 3 nitrogen and oxygen atoms in total. The topological polar surface area (TPSA) is 32.3 Å². The number of rotatable bonds is 3. The molecule has 1 heterocycles. The Morgan fingerprint density at radius 3 is 2.00 bits per heavy atom. The van der Waals surface area contributed by atoms with Crippen molar-refractivity contribution in [1.82, 2.24) is 0 Å². The van der Waals surface area contributed by atoms with Crippen molar-refractivity contribution in [3.63, 3.8) is 0 Å². The zero-order valence-electron chi connectivity index (χ0n) is 11.9. The maximum absolute atomic E-state index is 12.9. The second-order valence-corrected chi connectivity index (χ2v) is 5.90. The molecule has 1 aliphatic heterocycles. The van der Waals surface area contributed by atoms with Crippen molar-refractivity contribution in [2.24, 2.45) is 0 Å². The lowest BCUT2D eigenvalue weighted by atomic mass is 9.84. The molecule has 0 aliphatic carbocycles. The van der Waals surface area contributed by atoms with E-state index in [-0.39, 0.29) is 4.65 Å². The quantitative estimate of drug-likeness (QED) is 0.496. The molecule has 0 aromatic heterocycles. The highest BCUT2D eigenvalue weighted by Gasteiger charge is 2.44. The predicted octanol–water partition coefficient (Wildman–Crippen LogP) is 3.11. The summed E-state index contributed by atoms with van der Waals surface area (Å²) in [5.74, 6) is 0. The van der Waals surface area contributed by atoms with E-state index in [0.29, 0.717) is 26.0 Å². The van der Waals surface area contributed by atoms with Crippen LogP contribution in [0.3, 0.4) is 0 Å². The van der Waals surface area contributed by atoms with Gasteiger partial charge in [0.05, 0.1) is 12.9 Å². The standard InChI is InChI=1S/C17H20NO2P/c19-18(14-21)11-12-20-17(13-18,15-7-3-1-4-8-15)16-9-5-2-6-10-16/h1-10H,11-14,21H2. The van der Waals surface area contributed by atoms with Gasteiger partial charge in [-0.05, 0) is 11.1 Å². The van der Waals surface area contributed by atoms with Gasteiger partial charge in [0.2, 0.25) is 0 Å². The van der Waals surface area contributed by atoms with Gasteiger partial charge in [0.1, 0.15) is 13.1 Å². The van der Waals surface area contributed by atoms with Crippen LogP contribution in [0.5, 0.6) is 0 Å². The SMILES string of the molecule is [O-][N+]1(CP)CCOC(c2ccccc2)(c2ccccc2)C1. The first-order valence-electron chi connectivity index (χ1n) is 7.21. The van der Waals surface area contributed by atoms with Crippen molar-refractivity contribution in [3.8, 4) is 0 Å². The van der Waals surface area contributed by atoms with Crippen LogP contribution in [0.2, 0.25) is 0 Å². The Kier molecular flexibility index (Phi) is 4.10. The summed E-state index contributed by atoms with van der Waals surface area (Å²) < 4.78 is 5.97. The van der Waals surface area contributed by atoms with Crippen molar-refractivity contribution in [3.05, 3.63) is 77.0 Å². The van der Waals surface area contributed by atoms with Crippen molar-refractivity contribution in [2.75, 3.05) is 26.0 Å². The van der Waals surface area contributed by atoms with Gasteiger partial charge in [-0.1, -0.05) is 69.9 Å². The maximum Gasteiger partial charge on any atom is 0.167 e. The average molecular weight is 301 g/mol. The highest BCUT2D eigenvalue weighted by Crippen LogP contribution is 2.39. The molecule has 0 bridgehead atoms. The third-order valence-electron chi connectivity index (χ3n) is 4.17. The van der Waals surface area contributed by atoms with E-state index in [0.717, 1.165) is 11.1 Å². The van der Waals surface area contributed by atoms with Gasteiger partial charge >= 0.3 is 0 Å². The molecule has 2 aromatic rings. The van der Waals surface area contributed by atoms with E-state index >= 15 is 0 Å². The molecular weight excluding hydrogens is 281 g/mol. The second-order valence-electron chi connectivity index (χ2n) is 5.53. The number of benzene rings is 2. The van der Waals surface area contributed by atoms with E-state index in [9.17, 15) is 5.21 Å². The van der Waals surface area contributed by atoms with Crippen LogP contribution in [0.1, 0.15) is 11.1 Å². The normalized spacial score (nSPS) is 24.7. The molecule has 1 saturated heterocycles. The molecule has 0 saturated carbocycles. The summed E-state index contributed by atoms with van der Waals surface area (Å²) in [6, 6.07) is 20.2. The van der Waals surface area contributed by atoms with Gasteiger partial charge in [-0.15, -0.1) is 0 Å². The van der Waals surface area contributed by atoms with Crippen LogP contribution < -0.4 is 0 Å². The van der Waals surface area contributed by atoms with E-state index in [2.05, 4.69) is 9.24 Å². The first-order valence-corrected chi connectivity index (χ1v) is 8.02. The van der Waals surface area contributed by atoms with Gasteiger partial charge in [-0.3, -0.25) is 0 Å². The zero-order chi connectivity index (χ0) is 14.8. The molecule has 1 fully saturated rings. The highest BCUT2D eigenvalue weighted by molar-refractivity contribution is 7.16. The molecular formula is C17H20NO2P. The highest BCUT2D eigenvalue weighted by atomic mass is 31.0. The predicted molar refractivity (Wildman–Crippen MR) is 87.6 cm³/mol. The number of morpholine rings is 1. The molecule has 110 valence electrons. The zero-order valence-corrected chi connectivity index (χ0v) is 13.1. The second kappa shape index (κ2) is 5.86. The summed E-state index contributed by atoms with van der Waals surface area (Å²) in [7, 11) is 2.58. The summed E-state index contributed by atoms with van der Waals surface area (Å²) in [6.07, 6.45) is 0.491. The smallest absolute Gasteiger partial charge is 0.167 e. The van der Waals surface area contributed by atoms with Gasteiger partial charge in [0, 0.05) is 0 Å². The van der Waals surface area contributed by atoms with E-state index in [1.807, 2.05) is 60.7 Å². The fourth-order valence-corrected chi connectivity index (χ4v) is 3.31. The molecule has 0 N–H and O–H groups in total. The summed E-state index contributed by atoms with van der Waals surface area (Å²) in [4.78, 5) is 0. The van der Waals surface area contributed by atoms with Crippen LogP contribution in [-0.2, 0) is 10.3 Å². The molecule has 2 aromatic carbocycles. The van der Waals surface area contributed by atoms with E-state index in [4.69, 9.17) is 4.74 Å². The Labute approximate surface area is 127 Å². The summed E-state index contributed by atoms with van der Waals surface area (Å²) >= 11 is 0. The number of quaternary nitrogens is 1. The lowest BCUT2D eigenvalue weighted by molar-refractivity contribution is -0.885. The number of hydrogen-bond donors (Lipinski definition) is 0. The minimum Gasteiger partial charge on any atom is -0.632 e. The van der Waals surface area contributed by atoms with Crippen molar-refractivity contribution in [2.45, 2.75) is 5.60 Å². The Balaban J connectivity index is 2.12. The molecule has 3 rings (SSSR count). The lowest BCUT2D eigenvalue weighted by Crippen LogP contribution is -2.58. The molecule has 0 amide bonds. The van der Waals surface area contributed by atoms with Gasteiger partial charge in [0.15, 0.2) is 5.60 Å². The fourth-order valence-electron chi connectivity index (χ4n) is 3.00. The summed E-state index contributed by atoms with van der Waals surface area (Å²) in [6.45, 7) is 1.39. The molecule has 0 radical (unpaired) electrons. The number of hydrogen-bond acceptors (Lipinski definition) is 2. The molecule has 2 atom stereocenters. The molecule has 0 spiro atoms. The average Bonchev–Trinajstić information content (AvgIpc) is 2.56. The molecule has 21 heavy (non-hydrogen) atoms. The molecule has 4 heteroatoms. The first kappa shape index (κ1) is 14.7. The van der Waals surface area contributed by atoms with Gasteiger partial charge < -0.3 is 14.6 Å². The van der Waals surface area contributed by atoms with Crippen molar-refractivity contribution in [1.29, 1.82) is 0 Å². The van der Waals surface area contributed by atoms with Crippen LogP contribution >= 0.6 is 9.24 Å². The van der Waals surface area contributed by atoms with Crippen LogP contribution in [0.25, 0.3) is 0 Å². The van der Waals surface area contributed by atoms with Crippen molar-refractivity contribution >= 4 is 9.24 Å². The monoisotopic (exact) mass is 301 g/mol. The van der Waals surface area contributed by atoms with Crippen molar-refractivity contribution < 1.29 is 9.38 Å². The van der Waals surface area contributed by atoms with Gasteiger partial charge in [0.25, 0.3) is 0 Å². The van der Waals surface area contributed by atoms with E-state index in [1.54, 1.807) is 0 Å². The Bertz CT molecular complexity index is 551. The summed E-state index contributed by atoms with van der Waals surface area (Å²) in [5, 5.41) is 12.9. The lowest BCUT2D eigenvalue weighted by Gasteiger charge is -2.52. The van der Waals surface area contributed by atoms with Crippen LogP contribution in [0.4, 0.5) is 0 Å². The Morgan fingerprint density at radius 1 is 1.00 bits per heavy atom. The summed E-state index contributed by atoms with van der Waals surface area (Å²) in [5.41, 5.74) is 1.44. The van der Waals surface area contributed by atoms with Crippen LogP contribution in [0.15, 0.2) is 60.7 Å². The van der Waals surface area contributed by atoms with Crippen LogP contribution in [0, 0.1) is 5.21 Å². The van der Waals surface area contributed by atoms with Crippen LogP contribution in [-0.4, -0.2) is 30.6 Å². The number of hydroxylamine groups is 3.